The van der Waals surface area contributed by atoms with Gasteiger partial charge in [-0.3, -0.25) is 0 Å². The van der Waals surface area contributed by atoms with Crippen molar-refractivity contribution in [2.75, 3.05) is 25.0 Å². The molecule has 0 aromatic heterocycles. The van der Waals surface area contributed by atoms with E-state index in [-0.39, 0.29) is 0 Å². The summed E-state index contributed by atoms with van der Waals surface area (Å²) in [7, 11) is 2.19. The Hall–Kier alpha value is -0.730. The average molecular weight is 281 g/mol. The summed E-state index contributed by atoms with van der Waals surface area (Å²) >= 11 is 6.13. The van der Waals surface area contributed by atoms with Crippen molar-refractivity contribution in [2.45, 2.75) is 33.2 Å². The summed E-state index contributed by atoms with van der Waals surface area (Å²) in [5, 5.41) is 4.29. The number of hydrogen-bond donors (Lipinski definition) is 1. The summed E-state index contributed by atoms with van der Waals surface area (Å²) < 4.78 is 0. The minimum Gasteiger partial charge on any atom is -0.374 e. The SMILES string of the molecule is CCCNCc1cc(Cl)ccc1N(C)CC1CC1C. The van der Waals surface area contributed by atoms with Gasteiger partial charge in [-0.25, -0.2) is 0 Å². The highest BCUT2D eigenvalue weighted by Crippen LogP contribution is 2.39. The lowest BCUT2D eigenvalue weighted by Gasteiger charge is -2.23. The largest absolute Gasteiger partial charge is 0.374 e. The van der Waals surface area contributed by atoms with Gasteiger partial charge in [-0.2, -0.15) is 0 Å². The van der Waals surface area contributed by atoms with Crippen molar-refractivity contribution in [2.24, 2.45) is 11.8 Å². The van der Waals surface area contributed by atoms with E-state index in [0.29, 0.717) is 0 Å². The summed E-state index contributed by atoms with van der Waals surface area (Å²) in [6.45, 7) is 7.63. The Morgan fingerprint density at radius 3 is 2.79 bits per heavy atom. The number of hydrogen-bond acceptors (Lipinski definition) is 2. The first kappa shape index (κ1) is 14.7. The predicted molar refractivity (Wildman–Crippen MR) is 84.0 cm³/mol. The molecule has 0 heterocycles. The highest BCUT2D eigenvalue weighted by Gasteiger charge is 2.33. The van der Waals surface area contributed by atoms with Crippen molar-refractivity contribution < 1.29 is 0 Å². The molecule has 1 N–H and O–H groups in total. The van der Waals surface area contributed by atoms with Gasteiger partial charge in [0, 0.05) is 30.8 Å². The number of anilines is 1. The average Bonchev–Trinajstić information content (AvgIpc) is 3.05. The van der Waals surface area contributed by atoms with Gasteiger partial charge < -0.3 is 10.2 Å². The third kappa shape index (κ3) is 4.12. The molecule has 1 aliphatic rings. The maximum absolute atomic E-state index is 6.13. The molecule has 2 atom stereocenters. The third-order valence-electron chi connectivity index (χ3n) is 3.98. The maximum atomic E-state index is 6.13. The minimum atomic E-state index is 0.824. The van der Waals surface area contributed by atoms with E-state index < -0.39 is 0 Å². The van der Waals surface area contributed by atoms with Crippen LogP contribution < -0.4 is 10.2 Å². The Kier molecular flexibility index (Phi) is 5.12. The Morgan fingerprint density at radius 2 is 2.16 bits per heavy atom. The minimum absolute atomic E-state index is 0.824. The van der Waals surface area contributed by atoms with E-state index in [1.165, 1.54) is 17.7 Å². The lowest BCUT2D eigenvalue weighted by Crippen LogP contribution is -2.23. The van der Waals surface area contributed by atoms with Crippen LogP contribution in [0.25, 0.3) is 0 Å². The van der Waals surface area contributed by atoms with Crippen LogP contribution in [0.15, 0.2) is 18.2 Å². The fourth-order valence-corrected chi connectivity index (χ4v) is 2.77. The summed E-state index contributed by atoms with van der Waals surface area (Å²) in [5.41, 5.74) is 2.61. The molecule has 1 aromatic carbocycles. The summed E-state index contributed by atoms with van der Waals surface area (Å²) in [6.07, 6.45) is 2.53. The maximum Gasteiger partial charge on any atom is 0.0410 e. The molecule has 2 unspecified atom stereocenters. The first-order valence-electron chi connectivity index (χ1n) is 7.32. The molecule has 0 aliphatic heterocycles. The van der Waals surface area contributed by atoms with Gasteiger partial charge in [-0.15, -0.1) is 0 Å². The summed E-state index contributed by atoms with van der Waals surface area (Å²) in [6, 6.07) is 6.23. The second-order valence-electron chi connectivity index (χ2n) is 5.80. The Bertz CT molecular complexity index is 419. The lowest BCUT2D eigenvalue weighted by atomic mass is 10.1. The Balaban J connectivity index is 2.04. The van der Waals surface area contributed by atoms with E-state index in [1.54, 1.807) is 0 Å². The van der Waals surface area contributed by atoms with Crippen molar-refractivity contribution in [1.82, 2.24) is 5.32 Å². The van der Waals surface area contributed by atoms with Gasteiger partial charge in [0.2, 0.25) is 0 Å². The van der Waals surface area contributed by atoms with Crippen molar-refractivity contribution in [3.63, 3.8) is 0 Å². The van der Waals surface area contributed by atoms with E-state index in [9.17, 15) is 0 Å². The van der Waals surface area contributed by atoms with Gasteiger partial charge in [0.15, 0.2) is 0 Å². The summed E-state index contributed by atoms with van der Waals surface area (Å²) in [4.78, 5) is 2.38. The summed E-state index contributed by atoms with van der Waals surface area (Å²) in [5.74, 6) is 1.77. The molecule has 0 amide bonds. The van der Waals surface area contributed by atoms with Crippen molar-refractivity contribution in [3.8, 4) is 0 Å². The van der Waals surface area contributed by atoms with Gasteiger partial charge >= 0.3 is 0 Å². The van der Waals surface area contributed by atoms with Crippen LogP contribution in [0.4, 0.5) is 5.69 Å². The van der Waals surface area contributed by atoms with Crippen LogP contribution in [0.2, 0.25) is 5.02 Å². The number of nitrogens with one attached hydrogen (secondary N) is 1. The highest BCUT2D eigenvalue weighted by molar-refractivity contribution is 6.30. The van der Waals surface area contributed by atoms with Crippen molar-refractivity contribution in [1.29, 1.82) is 0 Å². The zero-order chi connectivity index (χ0) is 13.8. The molecule has 1 aliphatic carbocycles. The molecule has 2 rings (SSSR count). The second-order valence-corrected chi connectivity index (χ2v) is 6.24. The Labute approximate surface area is 122 Å². The molecule has 3 heteroatoms. The zero-order valence-corrected chi connectivity index (χ0v) is 13.0. The standard InChI is InChI=1S/C16H25ClN2/c1-4-7-18-10-13-9-15(17)5-6-16(13)19(3)11-14-8-12(14)2/h5-6,9,12,14,18H,4,7-8,10-11H2,1-3H3. The second kappa shape index (κ2) is 6.62. The fourth-order valence-electron chi connectivity index (χ4n) is 2.57. The molecule has 1 aromatic rings. The van der Waals surface area contributed by atoms with E-state index in [0.717, 1.165) is 42.9 Å². The number of nitrogens with zero attached hydrogens (tertiary/aromatic N) is 1. The molecule has 0 saturated heterocycles. The first-order valence-corrected chi connectivity index (χ1v) is 7.70. The van der Waals surface area contributed by atoms with E-state index in [1.807, 2.05) is 6.07 Å². The van der Waals surface area contributed by atoms with Gasteiger partial charge in [0.1, 0.15) is 0 Å². The van der Waals surface area contributed by atoms with Gasteiger partial charge in [0.05, 0.1) is 0 Å². The molecule has 19 heavy (non-hydrogen) atoms. The molecule has 0 bridgehead atoms. The monoisotopic (exact) mass is 280 g/mol. The van der Waals surface area contributed by atoms with Crippen LogP contribution in [0.3, 0.4) is 0 Å². The molecule has 0 radical (unpaired) electrons. The molecular formula is C16H25ClN2. The predicted octanol–water partition coefficient (Wildman–Crippen LogP) is 3.93. The number of rotatable bonds is 7. The van der Waals surface area contributed by atoms with Crippen molar-refractivity contribution >= 4 is 17.3 Å². The van der Waals surface area contributed by atoms with Crippen LogP contribution in [0.1, 0.15) is 32.3 Å². The van der Waals surface area contributed by atoms with Crippen LogP contribution in [0.5, 0.6) is 0 Å². The van der Waals surface area contributed by atoms with Gasteiger partial charge in [-0.05, 0) is 55.0 Å². The number of benzene rings is 1. The highest BCUT2D eigenvalue weighted by atomic mass is 35.5. The Morgan fingerprint density at radius 1 is 1.42 bits per heavy atom. The molecule has 1 saturated carbocycles. The van der Waals surface area contributed by atoms with E-state index in [4.69, 9.17) is 11.6 Å². The molecule has 2 nitrogen and oxygen atoms in total. The third-order valence-corrected chi connectivity index (χ3v) is 4.21. The zero-order valence-electron chi connectivity index (χ0n) is 12.2. The fraction of sp³-hybridized carbons (Fsp3) is 0.625. The molecular weight excluding hydrogens is 256 g/mol. The van der Waals surface area contributed by atoms with Crippen LogP contribution in [-0.2, 0) is 6.54 Å². The topological polar surface area (TPSA) is 15.3 Å². The van der Waals surface area contributed by atoms with Crippen LogP contribution in [0, 0.1) is 11.8 Å². The van der Waals surface area contributed by atoms with Crippen molar-refractivity contribution in [3.05, 3.63) is 28.8 Å². The van der Waals surface area contributed by atoms with Gasteiger partial charge in [0.25, 0.3) is 0 Å². The smallest absolute Gasteiger partial charge is 0.0410 e. The molecule has 0 spiro atoms. The van der Waals surface area contributed by atoms with E-state index in [2.05, 4.69) is 43.2 Å². The number of halogens is 1. The quantitative estimate of drug-likeness (QED) is 0.761. The first-order chi connectivity index (χ1) is 9.11. The van der Waals surface area contributed by atoms with E-state index >= 15 is 0 Å². The molecule has 106 valence electrons. The van der Waals surface area contributed by atoms with Crippen LogP contribution >= 0.6 is 11.6 Å². The normalized spacial score (nSPS) is 21.5. The van der Waals surface area contributed by atoms with Gasteiger partial charge in [-0.1, -0.05) is 25.4 Å². The lowest BCUT2D eigenvalue weighted by molar-refractivity contribution is 0.670. The molecule has 1 fully saturated rings. The van der Waals surface area contributed by atoms with Crippen LogP contribution in [-0.4, -0.2) is 20.1 Å².